The monoisotopic (exact) mass is 685 g/mol. The number of anilines is 1. The highest BCUT2D eigenvalue weighted by atomic mass is 32.2. The maximum atomic E-state index is 13.2. The van der Waals surface area contributed by atoms with Crippen LogP contribution in [0.2, 0.25) is 0 Å². The van der Waals surface area contributed by atoms with Crippen LogP contribution in [0.3, 0.4) is 0 Å². The van der Waals surface area contributed by atoms with Crippen molar-refractivity contribution in [3.63, 3.8) is 0 Å². The number of alkyl halides is 3. The minimum atomic E-state index is -4.38. The van der Waals surface area contributed by atoms with Gasteiger partial charge in [0.05, 0.1) is 35.5 Å². The van der Waals surface area contributed by atoms with Crippen molar-refractivity contribution in [3.05, 3.63) is 95.1 Å². The maximum Gasteiger partial charge on any atom is 0.416 e. The average molecular weight is 686 g/mol. The molecule has 12 heteroatoms. The first-order chi connectivity index (χ1) is 22.9. The third-order valence-corrected chi connectivity index (χ3v) is 12.0. The second-order valence-electron chi connectivity index (χ2n) is 13.4. The summed E-state index contributed by atoms with van der Waals surface area (Å²) in [6, 6.07) is 18.3. The number of benzene rings is 3. The predicted molar refractivity (Wildman–Crippen MR) is 177 cm³/mol. The van der Waals surface area contributed by atoms with Crippen LogP contribution in [0.15, 0.2) is 77.7 Å². The number of nitrogens with zero attached hydrogens (tertiary/aromatic N) is 2. The number of hydrogen-bond donors (Lipinski definition) is 2. The van der Waals surface area contributed by atoms with Crippen molar-refractivity contribution >= 4 is 21.4 Å². The van der Waals surface area contributed by atoms with Gasteiger partial charge >= 0.3 is 6.18 Å². The lowest BCUT2D eigenvalue weighted by Crippen LogP contribution is -2.40. The van der Waals surface area contributed by atoms with Crippen molar-refractivity contribution in [2.75, 3.05) is 56.7 Å². The minimum Gasteiger partial charge on any atom is -0.394 e. The molecular formula is C36H42F3N3O5S. The summed E-state index contributed by atoms with van der Waals surface area (Å²) in [5, 5.41) is 12.9. The van der Waals surface area contributed by atoms with Gasteiger partial charge in [-0.2, -0.15) is 13.2 Å². The number of amides is 1. The lowest BCUT2D eigenvalue weighted by molar-refractivity contribution is -0.137. The molecular weight excluding hydrogens is 643 g/mol. The van der Waals surface area contributed by atoms with E-state index in [-0.39, 0.29) is 40.5 Å². The Morgan fingerprint density at radius 1 is 1.04 bits per heavy atom. The molecule has 3 heterocycles. The van der Waals surface area contributed by atoms with E-state index >= 15 is 0 Å². The van der Waals surface area contributed by atoms with Crippen LogP contribution in [-0.2, 0) is 20.8 Å². The molecule has 0 saturated carbocycles. The van der Waals surface area contributed by atoms with Gasteiger partial charge in [-0.1, -0.05) is 31.2 Å². The quantitative estimate of drug-likeness (QED) is 0.294. The molecule has 0 aromatic heterocycles. The number of halogens is 3. The van der Waals surface area contributed by atoms with Crippen LogP contribution >= 0.6 is 0 Å². The van der Waals surface area contributed by atoms with Crippen LogP contribution in [0, 0.1) is 5.41 Å². The Balaban J connectivity index is 1.17. The first-order valence-corrected chi connectivity index (χ1v) is 18.1. The number of rotatable bonds is 10. The zero-order valence-electron chi connectivity index (χ0n) is 27.0. The summed E-state index contributed by atoms with van der Waals surface area (Å²) in [5.74, 6) is -0.353. The third kappa shape index (κ3) is 7.41. The van der Waals surface area contributed by atoms with Gasteiger partial charge in [0.25, 0.3) is 5.91 Å². The molecule has 48 heavy (non-hydrogen) atoms. The van der Waals surface area contributed by atoms with Gasteiger partial charge in [0.2, 0.25) is 0 Å². The van der Waals surface area contributed by atoms with Crippen LogP contribution in [0.1, 0.15) is 65.2 Å². The highest BCUT2D eigenvalue weighted by molar-refractivity contribution is 7.91. The van der Waals surface area contributed by atoms with E-state index in [0.29, 0.717) is 17.7 Å². The Bertz CT molecular complexity index is 1680. The number of aliphatic hydroxyl groups excluding tert-OH is 1. The highest BCUT2D eigenvalue weighted by Crippen LogP contribution is 2.41. The molecule has 3 fully saturated rings. The first kappa shape index (κ1) is 34.4. The summed E-state index contributed by atoms with van der Waals surface area (Å²) in [6.07, 6.45) is -1.42. The van der Waals surface area contributed by atoms with E-state index in [1.165, 1.54) is 12.1 Å². The van der Waals surface area contributed by atoms with Gasteiger partial charge in [-0.25, -0.2) is 8.42 Å². The van der Waals surface area contributed by atoms with Gasteiger partial charge in [-0.05, 0) is 85.5 Å². The number of carbonyl (C=O) groups is 1. The minimum absolute atomic E-state index is 0.0230. The molecule has 6 rings (SSSR count). The molecule has 3 aromatic rings. The number of nitrogens with one attached hydrogen (secondary N) is 1. The summed E-state index contributed by atoms with van der Waals surface area (Å²) in [6.45, 7) is 6.23. The van der Waals surface area contributed by atoms with E-state index in [0.717, 1.165) is 75.5 Å². The van der Waals surface area contributed by atoms with Crippen molar-refractivity contribution in [1.82, 2.24) is 10.2 Å². The molecule has 0 aliphatic carbocycles. The van der Waals surface area contributed by atoms with E-state index in [9.17, 15) is 31.5 Å². The normalized spacial score (nSPS) is 24.0. The van der Waals surface area contributed by atoms with Gasteiger partial charge in [0.1, 0.15) is 0 Å². The number of carbonyl (C=O) groups excluding carboxylic acids is 1. The second-order valence-corrected chi connectivity index (χ2v) is 15.7. The van der Waals surface area contributed by atoms with Crippen molar-refractivity contribution in [3.8, 4) is 0 Å². The molecule has 3 aliphatic rings. The fourth-order valence-electron chi connectivity index (χ4n) is 7.40. The molecule has 1 amide bonds. The smallest absolute Gasteiger partial charge is 0.394 e. The zero-order chi connectivity index (χ0) is 34.1. The Morgan fingerprint density at radius 2 is 1.75 bits per heavy atom. The second kappa shape index (κ2) is 13.8. The van der Waals surface area contributed by atoms with E-state index in [1.807, 2.05) is 12.1 Å². The van der Waals surface area contributed by atoms with Crippen molar-refractivity contribution in [2.45, 2.75) is 55.3 Å². The Morgan fingerprint density at radius 3 is 2.35 bits per heavy atom. The van der Waals surface area contributed by atoms with E-state index in [1.54, 1.807) is 43.3 Å². The fourth-order valence-corrected chi connectivity index (χ4v) is 8.28. The number of aliphatic hydroxyl groups is 1. The average Bonchev–Trinajstić information content (AvgIpc) is 3.84. The van der Waals surface area contributed by atoms with Crippen molar-refractivity contribution in [1.29, 1.82) is 0 Å². The topological polar surface area (TPSA) is 99.2 Å². The van der Waals surface area contributed by atoms with Crippen molar-refractivity contribution in [2.24, 2.45) is 5.41 Å². The van der Waals surface area contributed by atoms with Crippen LogP contribution < -0.4 is 10.2 Å². The number of likely N-dealkylation sites (tertiary alicyclic amines) is 1. The molecule has 3 aliphatic heterocycles. The summed E-state index contributed by atoms with van der Waals surface area (Å²) in [5.41, 5.74) is 2.35. The van der Waals surface area contributed by atoms with Gasteiger partial charge < -0.3 is 25.0 Å². The highest BCUT2D eigenvalue weighted by Gasteiger charge is 2.43. The number of sulfone groups is 1. The predicted octanol–water partition coefficient (Wildman–Crippen LogP) is 5.44. The molecule has 1 spiro atoms. The standard InChI is InChI=1S/C36H42F3N3O5S/c1-2-48(45,46)32-13-7-26(8-14-32)33(22-43)40-34(44)27-5-11-30(12-6-27)42-20-28(25-3-9-29(10-4-25)36(37,38)39)19-31(42)21-41-17-15-35(23-41)16-18-47-24-35/h3-14,28,31,33,43H,2,15-24H2,1H3,(H,40,44)/t28?,31-,33-,35?/m0/s1. The largest absolute Gasteiger partial charge is 0.416 e. The fraction of sp³-hybridized carbons (Fsp3) is 0.472. The van der Waals surface area contributed by atoms with Crippen LogP contribution in [-0.4, -0.2) is 82.1 Å². The molecule has 2 unspecified atom stereocenters. The summed E-state index contributed by atoms with van der Waals surface area (Å²) in [7, 11) is -3.37. The Labute approximate surface area is 279 Å². The van der Waals surface area contributed by atoms with Gasteiger partial charge in [0.15, 0.2) is 9.84 Å². The summed E-state index contributed by atoms with van der Waals surface area (Å²) >= 11 is 0. The Hall–Kier alpha value is -3.45. The van der Waals surface area contributed by atoms with Gasteiger partial charge in [0, 0.05) is 54.9 Å². The molecule has 0 bridgehead atoms. The zero-order valence-corrected chi connectivity index (χ0v) is 27.8. The molecule has 258 valence electrons. The summed E-state index contributed by atoms with van der Waals surface area (Å²) < 4.78 is 69.8. The van der Waals surface area contributed by atoms with Crippen LogP contribution in [0.5, 0.6) is 0 Å². The van der Waals surface area contributed by atoms with Gasteiger partial charge in [-0.3, -0.25) is 4.79 Å². The Kier molecular flexibility index (Phi) is 9.90. The molecule has 0 radical (unpaired) electrons. The number of hydrogen-bond acceptors (Lipinski definition) is 7. The SMILES string of the molecule is CCS(=O)(=O)c1ccc([C@H](CO)NC(=O)c2ccc(N3CC(c4ccc(C(F)(F)F)cc4)C[C@H]3CN3CCC4(CCOC4)C3)cc2)cc1. The lowest BCUT2D eigenvalue weighted by Gasteiger charge is -2.31. The number of ether oxygens (including phenoxy) is 1. The van der Waals surface area contributed by atoms with Crippen molar-refractivity contribution < 1.29 is 36.2 Å². The molecule has 4 atom stereocenters. The summed E-state index contributed by atoms with van der Waals surface area (Å²) in [4.78, 5) is 18.2. The molecule has 2 N–H and O–H groups in total. The molecule has 3 saturated heterocycles. The van der Waals surface area contributed by atoms with Gasteiger partial charge in [-0.15, -0.1) is 0 Å². The molecule has 8 nitrogen and oxygen atoms in total. The van der Waals surface area contributed by atoms with E-state index in [2.05, 4.69) is 15.1 Å². The van der Waals surface area contributed by atoms with Crippen LogP contribution in [0.4, 0.5) is 18.9 Å². The first-order valence-electron chi connectivity index (χ1n) is 16.5. The van der Waals surface area contributed by atoms with E-state index < -0.39 is 27.6 Å². The third-order valence-electron chi connectivity index (χ3n) is 10.3. The maximum absolute atomic E-state index is 13.2. The van der Waals surface area contributed by atoms with E-state index in [4.69, 9.17) is 4.74 Å². The van der Waals surface area contributed by atoms with Crippen LogP contribution in [0.25, 0.3) is 0 Å². The lowest BCUT2D eigenvalue weighted by atomic mass is 9.87. The molecule has 3 aromatic carbocycles.